The summed E-state index contributed by atoms with van der Waals surface area (Å²) in [4.78, 5) is 8.25. The van der Waals surface area contributed by atoms with E-state index in [1.165, 1.54) is 0 Å². The lowest BCUT2D eigenvalue weighted by molar-refractivity contribution is 1.32. The number of aromatic nitrogens is 2. The number of hydrogen-bond acceptors (Lipinski definition) is 3. The molecule has 0 amide bonds. The smallest absolute Gasteiger partial charge is 0.0753 e. The summed E-state index contributed by atoms with van der Waals surface area (Å²) in [7, 11) is 1.89. The summed E-state index contributed by atoms with van der Waals surface area (Å²) in [6.07, 6.45) is 5.34. The quantitative estimate of drug-likeness (QED) is 0.687. The van der Waals surface area contributed by atoms with Crippen LogP contribution in [0.3, 0.4) is 0 Å². The molecule has 2 aromatic heterocycles. The van der Waals surface area contributed by atoms with Crippen molar-refractivity contribution in [3.63, 3.8) is 0 Å². The monoisotopic (exact) mass is 159 g/mol. The van der Waals surface area contributed by atoms with Gasteiger partial charge in [0.15, 0.2) is 0 Å². The lowest BCUT2D eigenvalue weighted by atomic mass is 10.2. The van der Waals surface area contributed by atoms with Gasteiger partial charge in [-0.2, -0.15) is 0 Å². The standard InChI is InChI=1S/C9H9N3/c1-10-8-3-5-12-9-2-4-11-6-7(8)9/h2-6H,1H3,(H,10,12). The predicted molar refractivity (Wildman–Crippen MR) is 49.1 cm³/mol. The van der Waals surface area contributed by atoms with Crippen LogP contribution in [-0.2, 0) is 0 Å². The van der Waals surface area contributed by atoms with Gasteiger partial charge in [0.25, 0.3) is 0 Å². The van der Waals surface area contributed by atoms with Crippen molar-refractivity contribution >= 4 is 16.6 Å². The molecule has 0 aromatic carbocycles. The first-order chi connectivity index (χ1) is 5.92. The fourth-order valence-corrected chi connectivity index (χ4v) is 1.21. The highest BCUT2D eigenvalue weighted by Crippen LogP contribution is 2.18. The van der Waals surface area contributed by atoms with E-state index in [0.29, 0.717) is 0 Å². The maximum absolute atomic E-state index is 4.21. The second-order valence-corrected chi connectivity index (χ2v) is 2.50. The number of nitrogens with zero attached hydrogens (tertiary/aromatic N) is 2. The first-order valence-corrected chi connectivity index (χ1v) is 3.78. The third-order valence-corrected chi connectivity index (χ3v) is 1.81. The molecule has 3 nitrogen and oxygen atoms in total. The van der Waals surface area contributed by atoms with Crippen molar-refractivity contribution in [2.75, 3.05) is 12.4 Å². The number of hydrogen-bond donors (Lipinski definition) is 1. The number of nitrogens with one attached hydrogen (secondary N) is 1. The SMILES string of the molecule is CNc1ccnc2ccncc12. The summed E-state index contributed by atoms with van der Waals surface area (Å²) in [6, 6.07) is 3.83. The van der Waals surface area contributed by atoms with Crippen molar-refractivity contribution < 1.29 is 0 Å². The van der Waals surface area contributed by atoms with Gasteiger partial charge in [0.2, 0.25) is 0 Å². The van der Waals surface area contributed by atoms with Crippen LogP contribution >= 0.6 is 0 Å². The normalized spacial score (nSPS) is 10.1. The average Bonchev–Trinajstić information content (AvgIpc) is 2.17. The second kappa shape index (κ2) is 2.77. The maximum atomic E-state index is 4.21. The van der Waals surface area contributed by atoms with Crippen LogP contribution in [0.15, 0.2) is 30.7 Å². The van der Waals surface area contributed by atoms with E-state index >= 15 is 0 Å². The van der Waals surface area contributed by atoms with Gasteiger partial charge >= 0.3 is 0 Å². The molecule has 0 spiro atoms. The van der Waals surface area contributed by atoms with Gasteiger partial charge < -0.3 is 5.32 Å². The van der Waals surface area contributed by atoms with Crippen molar-refractivity contribution in [3.05, 3.63) is 30.7 Å². The minimum atomic E-state index is 0.969. The Balaban J connectivity index is 2.79. The summed E-state index contributed by atoms with van der Waals surface area (Å²) < 4.78 is 0. The Morgan fingerprint density at radius 2 is 2.17 bits per heavy atom. The number of pyridine rings is 2. The van der Waals surface area contributed by atoms with E-state index in [0.717, 1.165) is 16.6 Å². The molecular weight excluding hydrogens is 150 g/mol. The molecule has 0 aliphatic rings. The zero-order valence-corrected chi connectivity index (χ0v) is 6.78. The van der Waals surface area contributed by atoms with Crippen LogP contribution in [0.1, 0.15) is 0 Å². The molecular formula is C9H9N3. The molecule has 0 saturated carbocycles. The van der Waals surface area contributed by atoms with Gasteiger partial charge in [0.1, 0.15) is 0 Å². The molecule has 2 rings (SSSR count). The molecule has 2 heterocycles. The van der Waals surface area contributed by atoms with E-state index in [1.54, 1.807) is 12.4 Å². The molecule has 0 unspecified atom stereocenters. The van der Waals surface area contributed by atoms with Crippen molar-refractivity contribution in [2.45, 2.75) is 0 Å². The second-order valence-electron chi connectivity index (χ2n) is 2.50. The van der Waals surface area contributed by atoms with Crippen LogP contribution in [0.5, 0.6) is 0 Å². The van der Waals surface area contributed by atoms with E-state index in [1.807, 2.05) is 25.4 Å². The van der Waals surface area contributed by atoms with Crippen LogP contribution < -0.4 is 5.32 Å². The summed E-state index contributed by atoms with van der Waals surface area (Å²) in [5, 5.41) is 4.15. The van der Waals surface area contributed by atoms with Crippen molar-refractivity contribution in [1.29, 1.82) is 0 Å². The number of anilines is 1. The van der Waals surface area contributed by atoms with E-state index in [9.17, 15) is 0 Å². The van der Waals surface area contributed by atoms with Gasteiger partial charge in [-0.3, -0.25) is 9.97 Å². The van der Waals surface area contributed by atoms with E-state index < -0.39 is 0 Å². The Morgan fingerprint density at radius 3 is 3.00 bits per heavy atom. The fraction of sp³-hybridized carbons (Fsp3) is 0.111. The minimum absolute atomic E-state index is 0.969. The van der Waals surface area contributed by atoms with Gasteiger partial charge in [-0.15, -0.1) is 0 Å². The molecule has 0 bridgehead atoms. The summed E-state index contributed by atoms with van der Waals surface area (Å²) in [5.41, 5.74) is 2.03. The highest BCUT2D eigenvalue weighted by atomic mass is 14.8. The minimum Gasteiger partial charge on any atom is -0.387 e. The third kappa shape index (κ3) is 0.993. The van der Waals surface area contributed by atoms with Gasteiger partial charge in [-0.25, -0.2) is 0 Å². The molecule has 0 atom stereocenters. The largest absolute Gasteiger partial charge is 0.387 e. The van der Waals surface area contributed by atoms with Gasteiger partial charge in [0.05, 0.1) is 5.52 Å². The molecule has 3 heteroatoms. The van der Waals surface area contributed by atoms with Gasteiger partial charge in [-0.05, 0) is 12.1 Å². The molecule has 0 fully saturated rings. The Kier molecular flexibility index (Phi) is 1.63. The van der Waals surface area contributed by atoms with Crippen LogP contribution in [-0.4, -0.2) is 17.0 Å². The van der Waals surface area contributed by atoms with Crippen LogP contribution in [0.25, 0.3) is 10.9 Å². The Morgan fingerprint density at radius 1 is 1.25 bits per heavy atom. The number of fused-ring (bicyclic) bond motifs is 1. The lowest BCUT2D eigenvalue weighted by Gasteiger charge is -2.02. The Labute approximate surface area is 70.5 Å². The van der Waals surface area contributed by atoms with Crippen LogP contribution in [0.2, 0.25) is 0 Å². The summed E-state index contributed by atoms with van der Waals surface area (Å²) >= 11 is 0. The predicted octanol–water partition coefficient (Wildman–Crippen LogP) is 1.67. The zero-order chi connectivity index (χ0) is 8.39. The van der Waals surface area contributed by atoms with Crippen LogP contribution in [0.4, 0.5) is 5.69 Å². The topological polar surface area (TPSA) is 37.8 Å². The van der Waals surface area contributed by atoms with E-state index in [2.05, 4.69) is 15.3 Å². The molecule has 60 valence electrons. The Bertz CT molecular complexity index is 392. The summed E-state index contributed by atoms with van der Waals surface area (Å²) in [6.45, 7) is 0. The van der Waals surface area contributed by atoms with E-state index in [-0.39, 0.29) is 0 Å². The molecule has 0 radical (unpaired) electrons. The first kappa shape index (κ1) is 7.03. The molecule has 0 aliphatic heterocycles. The first-order valence-electron chi connectivity index (χ1n) is 3.78. The lowest BCUT2D eigenvalue weighted by Crippen LogP contribution is -1.90. The Hall–Kier alpha value is -1.64. The molecule has 0 saturated heterocycles. The maximum Gasteiger partial charge on any atom is 0.0753 e. The van der Waals surface area contributed by atoms with Crippen molar-refractivity contribution in [3.8, 4) is 0 Å². The highest BCUT2D eigenvalue weighted by molar-refractivity contribution is 5.89. The fourth-order valence-electron chi connectivity index (χ4n) is 1.21. The van der Waals surface area contributed by atoms with Crippen molar-refractivity contribution in [2.24, 2.45) is 0 Å². The number of rotatable bonds is 1. The van der Waals surface area contributed by atoms with Crippen molar-refractivity contribution in [1.82, 2.24) is 9.97 Å². The average molecular weight is 159 g/mol. The van der Waals surface area contributed by atoms with Gasteiger partial charge in [0, 0.05) is 36.7 Å². The van der Waals surface area contributed by atoms with Gasteiger partial charge in [-0.1, -0.05) is 0 Å². The molecule has 12 heavy (non-hydrogen) atoms. The van der Waals surface area contributed by atoms with E-state index in [4.69, 9.17) is 0 Å². The molecule has 0 aliphatic carbocycles. The van der Waals surface area contributed by atoms with Crippen LogP contribution in [0, 0.1) is 0 Å². The molecule has 1 N–H and O–H groups in total. The third-order valence-electron chi connectivity index (χ3n) is 1.81. The highest BCUT2D eigenvalue weighted by Gasteiger charge is 1.97. The zero-order valence-electron chi connectivity index (χ0n) is 6.78. The summed E-state index contributed by atoms with van der Waals surface area (Å²) in [5.74, 6) is 0. The molecule has 2 aromatic rings.